The number of carbonyl (C=O) groups excluding carboxylic acids is 2. The third kappa shape index (κ3) is 3.47. The van der Waals surface area contributed by atoms with Crippen LogP contribution in [0.2, 0.25) is 0 Å². The molecule has 1 aromatic carbocycles. The Hall–Kier alpha value is -2.04. The second-order valence-electron chi connectivity index (χ2n) is 4.39. The van der Waals surface area contributed by atoms with Gasteiger partial charge in [0.05, 0.1) is 6.61 Å². The zero-order chi connectivity index (χ0) is 13.7. The molecule has 0 aromatic heterocycles. The van der Waals surface area contributed by atoms with Gasteiger partial charge in [-0.15, -0.1) is 0 Å². The predicted octanol–water partition coefficient (Wildman–Crippen LogP) is 1.34. The lowest BCUT2D eigenvalue weighted by Crippen LogP contribution is -2.30. The van der Waals surface area contributed by atoms with Crippen LogP contribution in [0, 0.1) is 0 Å². The Balaban J connectivity index is 1.97. The average Bonchev–Trinajstić information content (AvgIpc) is 2.44. The SMILES string of the molecule is CCOC(=O)CNC(=O)c1ccc2c(c1)CCCN2. The summed E-state index contributed by atoms with van der Waals surface area (Å²) in [7, 11) is 0. The molecule has 102 valence electrons. The van der Waals surface area contributed by atoms with Crippen LogP contribution >= 0.6 is 0 Å². The van der Waals surface area contributed by atoms with Crippen LogP contribution in [-0.2, 0) is 16.0 Å². The number of aryl methyl sites for hydroxylation is 1. The van der Waals surface area contributed by atoms with Crippen LogP contribution in [0.5, 0.6) is 0 Å². The predicted molar refractivity (Wildman–Crippen MR) is 72.2 cm³/mol. The molecule has 0 unspecified atom stereocenters. The van der Waals surface area contributed by atoms with Crippen LogP contribution in [0.4, 0.5) is 5.69 Å². The number of amides is 1. The zero-order valence-electron chi connectivity index (χ0n) is 11.0. The van der Waals surface area contributed by atoms with Crippen molar-refractivity contribution in [1.29, 1.82) is 0 Å². The first kappa shape index (κ1) is 13.4. The van der Waals surface area contributed by atoms with Crippen molar-refractivity contribution >= 4 is 17.6 Å². The minimum absolute atomic E-state index is 0.0952. The normalized spacial score (nSPS) is 13.1. The number of benzene rings is 1. The van der Waals surface area contributed by atoms with Gasteiger partial charge in [0.1, 0.15) is 6.54 Å². The summed E-state index contributed by atoms with van der Waals surface area (Å²) in [4.78, 5) is 23.1. The zero-order valence-corrected chi connectivity index (χ0v) is 11.0. The van der Waals surface area contributed by atoms with E-state index in [2.05, 4.69) is 10.6 Å². The topological polar surface area (TPSA) is 67.4 Å². The van der Waals surface area contributed by atoms with E-state index in [1.807, 2.05) is 12.1 Å². The monoisotopic (exact) mass is 262 g/mol. The summed E-state index contributed by atoms with van der Waals surface area (Å²) >= 11 is 0. The third-order valence-corrected chi connectivity index (χ3v) is 3.00. The van der Waals surface area contributed by atoms with Gasteiger partial charge in [0.15, 0.2) is 0 Å². The highest BCUT2D eigenvalue weighted by Gasteiger charge is 2.13. The molecule has 2 rings (SSSR count). The van der Waals surface area contributed by atoms with Crippen LogP contribution < -0.4 is 10.6 Å². The van der Waals surface area contributed by atoms with Gasteiger partial charge in [-0.05, 0) is 43.5 Å². The first-order chi connectivity index (χ1) is 9.20. The van der Waals surface area contributed by atoms with Crippen molar-refractivity contribution < 1.29 is 14.3 Å². The summed E-state index contributed by atoms with van der Waals surface area (Å²) in [6, 6.07) is 5.55. The first-order valence-electron chi connectivity index (χ1n) is 6.51. The lowest BCUT2D eigenvalue weighted by molar-refractivity contribution is -0.141. The maximum absolute atomic E-state index is 11.9. The van der Waals surface area contributed by atoms with Crippen molar-refractivity contribution in [2.75, 3.05) is 25.0 Å². The summed E-state index contributed by atoms with van der Waals surface area (Å²) in [5.41, 5.74) is 2.81. The van der Waals surface area contributed by atoms with E-state index in [-0.39, 0.29) is 12.5 Å². The number of hydrogen-bond acceptors (Lipinski definition) is 4. The van der Waals surface area contributed by atoms with E-state index in [0.717, 1.165) is 30.6 Å². The number of esters is 1. The van der Waals surface area contributed by atoms with Gasteiger partial charge in [-0.25, -0.2) is 0 Å². The van der Waals surface area contributed by atoms with Gasteiger partial charge in [0, 0.05) is 17.8 Å². The number of ether oxygens (including phenoxy) is 1. The van der Waals surface area contributed by atoms with Gasteiger partial charge < -0.3 is 15.4 Å². The fraction of sp³-hybridized carbons (Fsp3) is 0.429. The van der Waals surface area contributed by atoms with E-state index in [0.29, 0.717) is 12.2 Å². The molecule has 0 fully saturated rings. The Bertz CT molecular complexity index is 486. The van der Waals surface area contributed by atoms with Crippen molar-refractivity contribution in [2.45, 2.75) is 19.8 Å². The third-order valence-electron chi connectivity index (χ3n) is 3.00. The Morgan fingerprint density at radius 2 is 2.26 bits per heavy atom. The van der Waals surface area contributed by atoms with Gasteiger partial charge in [0.2, 0.25) is 0 Å². The molecule has 5 heteroatoms. The highest BCUT2D eigenvalue weighted by molar-refractivity contribution is 5.96. The fourth-order valence-electron chi connectivity index (χ4n) is 2.08. The molecule has 2 N–H and O–H groups in total. The molecule has 1 heterocycles. The molecule has 1 aliphatic rings. The number of nitrogens with one attached hydrogen (secondary N) is 2. The quantitative estimate of drug-likeness (QED) is 0.803. The van der Waals surface area contributed by atoms with Crippen molar-refractivity contribution in [1.82, 2.24) is 5.32 Å². The van der Waals surface area contributed by atoms with Gasteiger partial charge in [-0.3, -0.25) is 9.59 Å². The first-order valence-corrected chi connectivity index (χ1v) is 6.51. The Kier molecular flexibility index (Phi) is 4.39. The molecule has 19 heavy (non-hydrogen) atoms. The minimum atomic E-state index is -0.421. The maximum Gasteiger partial charge on any atom is 0.325 e. The minimum Gasteiger partial charge on any atom is -0.465 e. The van der Waals surface area contributed by atoms with E-state index in [9.17, 15) is 9.59 Å². The highest BCUT2D eigenvalue weighted by Crippen LogP contribution is 2.22. The molecule has 1 aliphatic heterocycles. The molecule has 1 amide bonds. The summed E-state index contributed by atoms with van der Waals surface area (Å²) in [6.07, 6.45) is 2.04. The van der Waals surface area contributed by atoms with Gasteiger partial charge in [-0.2, -0.15) is 0 Å². The van der Waals surface area contributed by atoms with Crippen LogP contribution in [-0.4, -0.2) is 31.6 Å². The number of hydrogen-bond donors (Lipinski definition) is 2. The summed E-state index contributed by atoms with van der Waals surface area (Å²) in [6.45, 7) is 2.93. The number of anilines is 1. The molecule has 0 saturated heterocycles. The van der Waals surface area contributed by atoms with E-state index < -0.39 is 5.97 Å². The molecular formula is C14H18N2O3. The Labute approximate surface area is 112 Å². The van der Waals surface area contributed by atoms with Crippen LogP contribution in [0.25, 0.3) is 0 Å². The number of carbonyl (C=O) groups is 2. The second kappa shape index (κ2) is 6.22. The fourth-order valence-corrected chi connectivity index (χ4v) is 2.08. The van der Waals surface area contributed by atoms with Crippen LogP contribution in [0.3, 0.4) is 0 Å². The average molecular weight is 262 g/mol. The summed E-state index contributed by atoms with van der Waals surface area (Å²) < 4.78 is 4.76. The smallest absolute Gasteiger partial charge is 0.325 e. The molecule has 1 aromatic rings. The van der Waals surface area contributed by atoms with Gasteiger partial charge in [0.25, 0.3) is 5.91 Å². The van der Waals surface area contributed by atoms with E-state index in [1.54, 1.807) is 13.0 Å². The summed E-state index contributed by atoms with van der Waals surface area (Å²) in [5.74, 6) is -0.670. The molecule has 0 bridgehead atoms. The molecule has 5 nitrogen and oxygen atoms in total. The van der Waals surface area contributed by atoms with Gasteiger partial charge in [-0.1, -0.05) is 0 Å². The lowest BCUT2D eigenvalue weighted by atomic mass is 10.0. The van der Waals surface area contributed by atoms with Crippen LogP contribution in [0.15, 0.2) is 18.2 Å². The number of rotatable bonds is 4. The molecular weight excluding hydrogens is 244 g/mol. The standard InChI is InChI=1S/C14H18N2O3/c1-2-19-13(17)9-16-14(18)11-5-6-12-10(8-11)4-3-7-15-12/h5-6,8,15H,2-4,7,9H2,1H3,(H,16,18). The van der Waals surface area contributed by atoms with Crippen molar-refractivity contribution in [2.24, 2.45) is 0 Å². The molecule has 0 spiro atoms. The summed E-state index contributed by atoms with van der Waals surface area (Å²) in [5, 5.41) is 5.85. The number of fused-ring (bicyclic) bond motifs is 1. The van der Waals surface area contributed by atoms with Crippen LogP contribution in [0.1, 0.15) is 29.3 Å². The van der Waals surface area contributed by atoms with Gasteiger partial charge >= 0.3 is 5.97 Å². The van der Waals surface area contributed by atoms with Crippen molar-refractivity contribution in [3.63, 3.8) is 0 Å². The Morgan fingerprint density at radius 3 is 3.05 bits per heavy atom. The lowest BCUT2D eigenvalue weighted by Gasteiger charge is -2.18. The molecule has 0 saturated carbocycles. The van der Waals surface area contributed by atoms with Crippen molar-refractivity contribution in [3.05, 3.63) is 29.3 Å². The largest absolute Gasteiger partial charge is 0.465 e. The molecule has 0 radical (unpaired) electrons. The van der Waals surface area contributed by atoms with Crippen molar-refractivity contribution in [3.8, 4) is 0 Å². The maximum atomic E-state index is 11.9. The molecule has 0 aliphatic carbocycles. The van der Waals surface area contributed by atoms with E-state index in [1.165, 1.54) is 0 Å². The highest BCUT2D eigenvalue weighted by atomic mass is 16.5. The second-order valence-corrected chi connectivity index (χ2v) is 4.39. The molecule has 0 atom stereocenters. The van der Waals surface area contributed by atoms with E-state index in [4.69, 9.17) is 4.74 Å². The Morgan fingerprint density at radius 1 is 1.42 bits per heavy atom. The van der Waals surface area contributed by atoms with E-state index >= 15 is 0 Å².